The summed E-state index contributed by atoms with van der Waals surface area (Å²) in [6.45, 7) is 1.82. The molecule has 0 radical (unpaired) electrons. The molecule has 2 unspecified atom stereocenters. The molecule has 47 heavy (non-hydrogen) atoms. The molecule has 2 aliphatic heterocycles. The van der Waals surface area contributed by atoms with Crippen LogP contribution < -0.4 is 14.8 Å². The van der Waals surface area contributed by atoms with Crippen molar-refractivity contribution in [1.82, 2.24) is 10.2 Å². The van der Waals surface area contributed by atoms with E-state index >= 15 is 0 Å². The SMILES string of the molecule is COc1ccc2c(c1O)[C@@]13CCN(C)[C@@H](C2)[C@H]1CC(OC)C(=O)C3.COc1ccc2c(c1O)[C@@]13CCN[C@@H](C2)[C@H]1CC(OC)C(=O)C3. The molecule has 254 valence electrons. The average Bonchev–Trinajstić information content (AvgIpc) is 3.05. The molecule has 4 bridgehead atoms. The number of ketones is 2. The van der Waals surface area contributed by atoms with Crippen LogP contribution in [0.4, 0.5) is 0 Å². The standard InChI is InChI=1S/C19H25NO4.C18H23NO4/c1-20-7-6-19-10-14(21)16(24-3)9-12(19)13(20)8-11-4-5-15(23-2)18(22)17(11)19;1-22-14-4-3-10-7-12-11-8-15(23-2)13(20)9-18(11,5-6-19-12)16(10)17(14)21/h4-5,12-13,16,22H,6-10H2,1-3H3;3-4,11-12,15,19,21H,5-9H2,1-2H3/t12-,13+,16?,19-;11-,12+,15?,18-/m11/s1. The number of phenolic OH excluding ortho intramolecular Hbond substituents is 2. The highest BCUT2D eigenvalue weighted by Crippen LogP contribution is 2.59. The summed E-state index contributed by atoms with van der Waals surface area (Å²) in [6, 6.07) is 8.50. The monoisotopic (exact) mass is 648 g/mol. The Labute approximate surface area is 276 Å². The van der Waals surface area contributed by atoms with E-state index in [2.05, 4.69) is 23.3 Å². The van der Waals surface area contributed by atoms with Gasteiger partial charge in [-0.2, -0.15) is 0 Å². The zero-order chi connectivity index (χ0) is 33.2. The Kier molecular flexibility index (Phi) is 8.30. The lowest BCUT2D eigenvalue weighted by Gasteiger charge is -2.58. The molecular weight excluding hydrogens is 600 g/mol. The van der Waals surface area contributed by atoms with Gasteiger partial charge in [0.25, 0.3) is 0 Å². The number of fused-ring (bicyclic) bond motifs is 2. The van der Waals surface area contributed by atoms with Crippen molar-refractivity contribution in [3.05, 3.63) is 46.5 Å². The quantitative estimate of drug-likeness (QED) is 0.454. The van der Waals surface area contributed by atoms with Crippen molar-refractivity contribution in [3.8, 4) is 23.0 Å². The third-order valence-corrected chi connectivity index (χ3v) is 12.8. The van der Waals surface area contributed by atoms with Gasteiger partial charge in [0.2, 0.25) is 0 Å². The summed E-state index contributed by atoms with van der Waals surface area (Å²) in [4.78, 5) is 27.7. The van der Waals surface area contributed by atoms with Gasteiger partial charge in [-0.3, -0.25) is 9.59 Å². The molecule has 0 spiro atoms. The van der Waals surface area contributed by atoms with Crippen LogP contribution >= 0.6 is 0 Å². The van der Waals surface area contributed by atoms with Crippen molar-refractivity contribution in [1.29, 1.82) is 0 Å². The summed E-state index contributed by atoms with van der Waals surface area (Å²) in [7, 11) is 8.54. The number of likely N-dealkylation sites (N-methyl/N-ethyl adjacent to an activating group) is 1. The van der Waals surface area contributed by atoms with Crippen LogP contribution in [0.2, 0.25) is 0 Å². The number of hydrogen-bond donors (Lipinski definition) is 3. The molecule has 2 aromatic carbocycles. The first kappa shape index (κ1) is 32.4. The number of carbonyl (C=O) groups excluding carboxylic acids is 2. The summed E-state index contributed by atoms with van der Waals surface area (Å²) < 4.78 is 21.5. The number of nitrogens with zero attached hydrogens (tertiary/aromatic N) is 1. The van der Waals surface area contributed by atoms with E-state index in [9.17, 15) is 19.8 Å². The Balaban J connectivity index is 0.000000150. The summed E-state index contributed by atoms with van der Waals surface area (Å²) >= 11 is 0. The van der Waals surface area contributed by atoms with Crippen molar-refractivity contribution in [2.24, 2.45) is 11.8 Å². The molecule has 4 fully saturated rings. The van der Waals surface area contributed by atoms with Crippen molar-refractivity contribution in [3.63, 3.8) is 0 Å². The second-order valence-electron chi connectivity index (χ2n) is 14.5. The third kappa shape index (κ3) is 4.81. The Morgan fingerprint density at radius 2 is 1.30 bits per heavy atom. The molecule has 0 aromatic heterocycles. The van der Waals surface area contributed by atoms with Crippen LogP contribution in [-0.2, 0) is 42.7 Å². The van der Waals surface area contributed by atoms with Gasteiger partial charge in [0.1, 0.15) is 12.2 Å². The second-order valence-corrected chi connectivity index (χ2v) is 14.5. The zero-order valence-corrected chi connectivity index (χ0v) is 28.1. The number of carbonyl (C=O) groups is 2. The highest BCUT2D eigenvalue weighted by Gasteiger charge is 2.59. The summed E-state index contributed by atoms with van der Waals surface area (Å²) in [6.07, 6.45) is 5.27. The van der Waals surface area contributed by atoms with E-state index in [1.54, 1.807) is 28.4 Å². The van der Waals surface area contributed by atoms with Crippen LogP contribution in [0.5, 0.6) is 23.0 Å². The van der Waals surface area contributed by atoms with E-state index < -0.39 is 0 Å². The van der Waals surface area contributed by atoms with E-state index in [0.29, 0.717) is 48.3 Å². The van der Waals surface area contributed by atoms with Crippen LogP contribution in [0.25, 0.3) is 0 Å². The number of methoxy groups -OCH3 is 4. The first-order chi connectivity index (χ1) is 22.6. The van der Waals surface area contributed by atoms with E-state index in [-0.39, 0.29) is 46.1 Å². The molecule has 3 N–H and O–H groups in total. The second kappa shape index (κ2) is 12.1. The molecular formula is C37H48N2O8. The number of phenols is 2. The van der Waals surface area contributed by atoms with E-state index in [0.717, 1.165) is 73.9 Å². The zero-order valence-electron chi connectivity index (χ0n) is 28.1. The van der Waals surface area contributed by atoms with Gasteiger partial charge in [0.15, 0.2) is 34.6 Å². The molecule has 10 nitrogen and oxygen atoms in total. The fraction of sp³-hybridized carbons (Fsp3) is 0.622. The first-order valence-corrected chi connectivity index (χ1v) is 17.0. The molecule has 0 amide bonds. The molecule has 2 saturated heterocycles. The summed E-state index contributed by atoms with van der Waals surface area (Å²) in [5.41, 5.74) is 3.63. The molecule has 2 saturated carbocycles. The van der Waals surface area contributed by atoms with Gasteiger partial charge >= 0.3 is 0 Å². The number of nitrogens with one attached hydrogen (secondary N) is 1. The number of hydrogen-bond acceptors (Lipinski definition) is 10. The Morgan fingerprint density at radius 1 is 0.766 bits per heavy atom. The minimum atomic E-state index is -0.315. The van der Waals surface area contributed by atoms with Crippen molar-refractivity contribution in [2.75, 3.05) is 48.6 Å². The lowest BCUT2D eigenvalue weighted by atomic mass is 9.51. The number of Topliss-reactive ketones (excluding diaryl/α,β-unsaturated/α-hetero) is 2. The maximum absolute atomic E-state index is 12.7. The molecule has 4 aliphatic carbocycles. The largest absolute Gasteiger partial charge is 0.504 e. The van der Waals surface area contributed by atoms with Crippen molar-refractivity contribution < 1.29 is 38.7 Å². The molecule has 2 aromatic rings. The van der Waals surface area contributed by atoms with Crippen LogP contribution in [0, 0.1) is 11.8 Å². The number of aromatic hydroxyl groups is 2. The predicted molar refractivity (Wildman–Crippen MR) is 175 cm³/mol. The minimum Gasteiger partial charge on any atom is -0.504 e. The fourth-order valence-corrected chi connectivity index (χ4v) is 10.6. The van der Waals surface area contributed by atoms with E-state index in [1.165, 1.54) is 0 Å². The Hall–Kier alpha value is -3.18. The van der Waals surface area contributed by atoms with Gasteiger partial charge in [0, 0.05) is 61.1 Å². The molecule has 6 aliphatic rings. The van der Waals surface area contributed by atoms with E-state index in [1.807, 2.05) is 18.2 Å². The Morgan fingerprint density at radius 3 is 1.85 bits per heavy atom. The van der Waals surface area contributed by atoms with Gasteiger partial charge in [0.05, 0.1) is 14.2 Å². The summed E-state index contributed by atoms with van der Waals surface area (Å²) in [5, 5.41) is 25.3. The number of benzene rings is 2. The Bertz CT molecular complexity index is 1580. The average molecular weight is 649 g/mol. The number of rotatable bonds is 4. The van der Waals surface area contributed by atoms with E-state index in [4.69, 9.17) is 18.9 Å². The van der Waals surface area contributed by atoms with Crippen molar-refractivity contribution in [2.45, 2.75) is 86.5 Å². The topological polar surface area (TPSA) is 127 Å². The van der Waals surface area contributed by atoms with Crippen LogP contribution in [0.15, 0.2) is 24.3 Å². The molecule has 2 heterocycles. The van der Waals surface area contributed by atoms with Crippen LogP contribution in [-0.4, -0.2) is 99.5 Å². The lowest BCUT2D eigenvalue weighted by Crippen LogP contribution is -2.63. The molecule has 8 atom stereocenters. The highest BCUT2D eigenvalue weighted by atomic mass is 16.5. The summed E-state index contributed by atoms with van der Waals surface area (Å²) in [5.74, 6) is 2.39. The predicted octanol–water partition coefficient (Wildman–Crippen LogP) is 3.44. The maximum Gasteiger partial charge on any atom is 0.162 e. The fourth-order valence-electron chi connectivity index (χ4n) is 10.6. The van der Waals surface area contributed by atoms with Crippen LogP contribution in [0.1, 0.15) is 60.8 Å². The van der Waals surface area contributed by atoms with Gasteiger partial charge in [-0.1, -0.05) is 12.1 Å². The first-order valence-electron chi connectivity index (χ1n) is 17.0. The third-order valence-electron chi connectivity index (χ3n) is 12.8. The molecule has 8 rings (SSSR count). The number of likely N-dealkylation sites (tertiary alicyclic amines) is 1. The molecule has 10 heteroatoms. The van der Waals surface area contributed by atoms with Gasteiger partial charge in [-0.15, -0.1) is 0 Å². The lowest BCUT2D eigenvalue weighted by molar-refractivity contribution is -0.141. The van der Waals surface area contributed by atoms with Crippen LogP contribution in [0.3, 0.4) is 0 Å². The van der Waals surface area contributed by atoms with Gasteiger partial charge < -0.3 is 39.4 Å². The normalized spacial score (nSPS) is 35.3. The number of ether oxygens (including phenoxy) is 4. The highest BCUT2D eigenvalue weighted by molar-refractivity contribution is 5.87. The minimum absolute atomic E-state index is 0.152. The smallest absolute Gasteiger partial charge is 0.162 e. The number of piperidine rings is 2. The van der Waals surface area contributed by atoms with Gasteiger partial charge in [-0.25, -0.2) is 0 Å². The maximum atomic E-state index is 12.7. The van der Waals surface area contributed by atoms with Gasteiger partial charge in [-0.05, 0) is 93.8 Å². The van der Waals surface area contributed by atoms with Crippen molar-refractivity contribution >= 4 is 11.6 Å².